The second kappa shape index (κ2) is 6.81. The highest BCUT2D eigenvalue weighted by Crippen LogP contribution is 2.24. The van der Waals surface area contributed by atoms with E-state index in [4.69, 9.17) is 5.73 Å². The van der Waals surface area contributed by atoms with Gasteiger partial charge in [-0.3, -0.25) is 9.48 Å². The predicted molar refractivity (Wildman–Crippen MR) is 103 cm³/mol. The van der Waals surface area contributed by atoms with Crippen LogP contribution in [0.1, 0.15) is 21.6 Å². The van der Waals surface area contributed by atoms with Crippen LogP contribution >= 0.6 is 0 Å². The van der Waals surface area contributed by atoms with Gasteiger partial charge < -0.3 is 16.0 Å². The Morgan fingerprint density at radius 1 is 1.15 bits per heavy atom. The van der Waals surface area contributed by atoms with Crippen LogP contribution in [0.2, 0.25) is 0 Å². The minimum Gasteiger partial charge on any atom is -0.339 e. The fourth-order valence-electron chi connectivity index (χ4n) is 3.16. The van der Waals surface area contributed by atoms with E-state index in [1.807, 2.05) is 25.1 Å². The number of fused-ring (bicyclic) bond motifs is 1. The lowest BCUT2D eigenvalue weighted by molar-refractivity contribution is 0.0743. The normalized spacial score (nSPS) is 13.6. The van der Waals surface area contributed by atoms with E-state index >= 15 is 0 Å². The molecule has 3 aromatic rings. The van der Waals surface area contributed by atoms with E-state index in [0.717, 1.165) is 22.4 Å². The van der Waals surface area contributed by atoms with Crippen LogP contribution in [0.4, 0.5) is 11.6 Å². The van der Waals surface area contributed by atoms with Crippen molar-refractivity contribution in [2.75, 3.05) is 18.9 Å². The van der Waals surface area contributed by atoms with Gasteiger partial charge in [0.25, 0.3) is 5.91 Å². The summed E-state index contributed by atoms with van der Waals surface area (Å²) < 4.78 is 1.72. The summed E-state index contributed by atoms with van der Waals surface area (Å²) in [4.78, 5) is 22.5. The highest BCUT2D eigenvalue weighted by Gasteiger charge is 2.23. The van der Waals surface area contributed by atoms with Crippen LogP contribution in [0.25, 0.3) is 11.3 Å². The third-order valence-corrected chi connectivity index (χ3v) is 4.77. The number of carbonyl (C=O) groups excluding carboxylic acids is 1. The molecule has 0 saturated carbocycles. The van der Waals surface area contributed by atoms with Crippen molar-refractivity contribution in [1.82, 2.24) is 24.6 Å². The van der Waals surface area contributed by atoms with Crippen LogP contribution in [0.5, 0.6) is 0 Å². The molecule has 0 unspecified atom stereocenters. The Hall–Kier alpha value is -3.26. The van der Waals surface area contributed by atoms with Gasteiger partial charge in [-0.05, 0) is 24.1 Å². The molecule has 3 N–H and O–H groups in total. The smallest absolute Gasteiger partial charge is 0.272 e. The maximum atomic E-state index is 12.2. The Morgan fingerprint density at radius 3 is 2.78 bits per heavy atom. The number of aryl methyl sites for hydroxylation is 1. The Balaban J connectivity index is 1.60. The zero-order chi connectivity index (χ0) is 19.0. The minimum absolute atomic E-state index is 0.0272. The summed E-state index contributed by atoms with van der Waals surface area (Å²) in [5.41, 5.74) is 10.4. The maximum absolute atomic E-state index is 12.2. The first kappa shape index (κ1) is 17.2. The number of nitrogens with two attached hydrogens (primary N) is 1. The van der Waals surface area contributed by atoms with Crippen molar-refractivity contribution in [2.45, 2.75) is 20.0 Å². The fraction of sp³-hybridized carbons (Fsp3) is 0.263. The van der Waals surface area contributed by atoms with Crippen molar-refractivity contribution in [3.8, 4) is 11.3 Å². The lowest BCUT2D eigenvalue weighted by Gasteiger charge is -2.22. The average Bonchev–Trinajstić information content (AvgIpc) is 3.08. The molecule has 27 heavy (non-hydrogen) atoms. The molecule has 0 saturated heterocycles. The van der Waals surface area contributed by atoms with Crippen molar-refractivity contribution in [1.29, 1.82) is 0 Å². The number of nitrogens with one attached hydrogen (secondary N) is 1. The topological polar surface area (TPSA) is 102 Å². The van der Waals surface area contributed by atoms with Crippen molar-refractivity contribution in [3.05, 3.63) is 53.5 Å². The van der Waals surface area contributed by atoms with Gasteiger partial charge in [0.15, 0.2) is 5.82 Å². The van der Waals surface area contributed by atoms with Gasteiger partial charge in [-0.15, -0.1) is 0 Å². The first-order chi connectivity index (χ1) is 13.0. The summed E-state index contributed by atoms with van der Waals surface area (Å²) >= 11 is 0. The van der Waals surface area contributed by atoms with E-state index in [2.05, 4.69) is 26.4 Å². The number of carbonyl (C=O) groups is 1. The number of likely N-dealkylation sites (N-methyl/N-ethyl adjacent to an activating group) is 1. The molecule has 0 aliphatic carbocycles. The Morgan fingerprint density at radius 2 is 2.00 bits per heavy atom. The van der Waals surface area contributed by atoms with Gasteiger partial charge in [-0.1, -0.05) is 12.1 Å². The second-order valence-corrected chi connectivity index (χ2v) is 6.62. The van der Waals surface area contributed by atoms with Crippen LogP contribution in [0.15, 0.2) is 36.7 Å². The number of benzene rings is 1. The van der Waals surface area contributed by atoms with E-state index in [9.17, 15) is 4.79 Å². The fourth-order valence-corrected chi connectivity index (χ4v) is 3.16. The zero-order valence-corrected chi connectivity index (χ0v) is 15.3. The molecule has 8 heteroatoms. The molecule has 8 nitrogen and oxygen atoms in total. The lowest BCUT2D eigenvalue weighted by Crippen LogP contribution is -2.37. The van der Waals surface area contributed by atoms with Gasteiger partial charge >= 0.3 is 0 Å². The average molecular weight is 363 g/mol. The van der Waals surface area contributed by atoms with Crippen molar-refractivity contribution >= 4 is 17.5 Å². The Labute approximate surface area is 157 Å². The third-order valence-electron chi connectivity index (χ3n) is 4.77. The molecular weight excluding hydrogens is 342 g/mol. The van der Waals surface area contributed by atoms with Crippen LogP contribution in [0, 0.1) is 6.92 Å². The number of anilines is 2. The van der Waals surface area contributed by atoms with Gasteiger partial charge in [0.05, 0.1) is 12.2 Å². The predicted octanol–water partition coefficient (Wildman–Crippen LogP) is 1.94. The molecule has 138 valence electrons. The second-order valence-electron chi connectivity index (χ2n) is 6.62. The molecule has 1 amide bonds. The van der Waals surface area contributed by atoms with E-state index in [-0.39, 0.29) is 5.91 Å². The number of hydrogen-bond donors (Lipinski definition) is 2. The van der Waals surface area contributed by atoms with Crippen molar-refractivity contribution < 1.29 is 4.79 Å². The lowest BCUT2D eigenvalue weighted by atomic mass is 10.0. The highest BCUT2D eigenvalue weighted by atomic mass is 16.2. The van der Waals surface area contributed by atoms with Crippen molar-refractivity contribution in [2.24, 2.45) is 5.73 Å². The molecule has 1 aromatic carbocycles. The maximum Gasteiger partial charge on any atom is 0.272 e. The molecule has 0 fully saturated rings. The molecule has 4 rings (SSSR count). The molecule has 1 aliphatic rings. The molecule has 0 bridgehead atoms. The van der Waals surface area contributed by atoms with E-state index in [0.29, 0.717) is 37.0 Å². The molecule has 0 atom stereocenters. The molecule has 3 heterocycles. The summed E-state index contributed by atoms with van der Waals surface area (Å²) in [5.74, 6) is 1.19. The van der Waals surface area contributed by atoms with Crippen LogP contribution < -0.4 is 11.1 Å². The zero-order valence-electron chi connectivity index (χ0n) is 15.3. The number of aromatic nitrogens is 4. The summed E-state index contributed by atoms with van der Waals surface area (Å²) in [6.07, 6.45) is 1.51. The standard InChI is InChI=1S/C19H21N7O/c1-12-7-13(3-4-14(12)10-20)15-8-17(22-11-21-15)23-18-9-16-19(27)25(2)5-6-26(16)24-18/h3-4,7-9,11H,5-6,10,20H2,1-2H3,(H,21,22,23,24). The number of amides is 1. The molecule has 0 spiro atoms. The SMILES string of the molecule is Cc1cc(-c2cc(Nc3cc4n(n3)CCN(C)C4=O)ncn2)ccc1CN. The van der Waals surface area contributed by atoms with Gasteiger partial charge in [0.2, 0.25) is 0 Å². The summed E-state index contributed by atoms with van der Waals surface area (Å²) in [5, 5.41) is 7.62. The van der Waals surface area contributed by atoms with Gasteiger partial charge in [-0.2, -0.15) is 5.10 Å². The number of nitrogens with zero attached hydrogens (tertiary/aromatic N) is 5. The van der Waals surface area contributed by atoms with E-state index in [1.54, 1.807) is 22.7 Å². The van der Waals surface area contributed by atoms with Gasteiger partial charge in [0.1, 0.15) is 17.8 Å². The molecular formula is C19H21N7O. The number of hydrogen-bond acceptors (Lipinski definition) is 6. The third kappa shape index (κ3) is 3.26. The molecule has 0 radical (unpaired) electrons. The van der Waals surface area contributed by atoms with Crippen LogP contribution in [0.3, 0.4) is 0 Å². The van der Waals surface area contributed by atoms with Gasteiger partial charge in [-0.25, -0.2) is 9.97 Å². The number of rotatable bonds is 4. The summed E-state index contributed by atoms with van der Waals surface area (Å²) in [7, 11) is 1.79. The minimum atomic E-state index is -0.0272. The molecule has 2 aromatic heterocycles. The first-order valence-electron chi connectivity index (χ1n) is 8.77. The Kier molecular flexibility index (Phi) is 4.33. The van der Waals surface area contributed by atoms with E-state index < -0.39 is 0 Å². The van der Waals surface area contributed by atoms with Gasteiger partial charge in [0, 0.05) is 37.8 Å². The summed E-state index contributed by atoms with van der Waals surface area (Å²) in [6, 6.07) is 9.71. The molecule has 1 aliphatic heterocycles. The Bertz CT molecular complexity index is 1010. The van der Waals surface area contributed by atoms with E-state index in [1.165, 1.54) is 6.33 Å². The summed E-state index contributed by atoms with van der Waals surface area (Å²) in [6.45, 7) is 3.89. The first-order valence-corrected chi connectivity index (χ1v) is 8.77. The monoisotopic (exact) mass is 363 g/mol. The quantitative estimate of drug-likeness (QED) is 0.734. The van der Waals surface area contributed by atoms with Crippen molar-refractivity contribution in [3.63, 3.8) is 0 Å². The largest absolute Gasteiger partial charge is 0.339 e. The van der Waals surface area contributed by atoms with Crippen LogP contribution in [-0.2, 0) is 13.1 Å². The van der Waals surface area contributed by atoms with Crippen LogP contribution in [-0.4, -0.2) is 44.1 Å². The highest BCUT2D eigenvalue weighted by molar-refractivity contribution is 5.94.